The third kappa shape index (κ3) is 1.73. The topological polar surface area (TPSA) is 31.2 Å². The Labute approximate surface area is 100 Å². The van der Waals surface area contributed by atoms with Crippen molar-refractivity contribution in [1.82, 2.24) is 4.57 Å². The maximum Gasteiger partial charge on any atom is 0.340 e. The highest BCUT2D eigenvalue weighted by Crippen LogP contribution is 2.26. The molecule has 3 nitrogen and oxygen atoms in total. The van der Waals surface area contributed by atoms with Gasteiger partial charge in [0.1, 0.15) is 0 Å². The fourth-order valence-electron chi connectivity index (χ4n) is 2.07. The summed E-state index contributed by atoms with van der Waals surface area (Å²) in [4.78, 5) is 12.0. The van der Waals surface area contributed by atoms with E-state index in [0.717, 1.165) is 16.6 Å². The molecule has 2 rings (SSSR count). The van der Waals surface area contributed by atoms with Gasteiger partial charge in [-0.1, -0.05) is 24.8 Å². The lowest BCUT2D eigenvalue weighted by Crippen LogP contribution is -2.06. The summed E-state index contributed by atoms with van der Waals surface area (Å²) in [5, 5.41) is 0.906. The number of aryl methyl sites for hydroxylation is 1. The molecule has 2 aromatic rings. The molecule has 0 atom stereocenters. The highest BCUT2D eigenvalue weighted by atomic mass is 16.5. The van der Waals surface area contributed by atoms with Gasteiger partial charge in [0, 0.05) is 18.0 Å². The summed E-state index contributed by atoms with van der Waals surface area (Å²) in [6.07, 6.45) is 1.69. The summed E-state index contributed by atoms with van der Waals surface area (Å²) in [7, 11) is 1.92. The van der Waals surface area contributed by atoms with Crippen molar-refractivity contribution in [3.05, 3.63) is 42.1 Å². The van der Waals surface area contributed by atoms with Crippen molar-refractivity contribution in [2.24, 2.45) is 7.05 Å². The SMILES string of the molecule is C=Cc1c(C(=O)OCC)c2ccccc2n1C. The Morgan fingerprint density at radius 3 is 2.82 bits per heavy atom. The van der Waals surface area contributed by atoms with Crippen LogP contribution in [0.3, 0.4) is 0 Å². The second-order valence-corrected chi connectivity index (χ2v) is 3.76. The number of aromatic nitrogens is 1. The van der Waals surface area contributed by atoms with Gasteiger partial charge in [-0.25, -0.2) is 4.79 Å². The van der Waals surface area contributed by atoms with E-state index < -0.39 is 0 Å². The van der Waals surface area contributed by atoms with E-state index in [1.165, 1.54) is 0 Å². The van der Waals surface area contributed by atoms with E-state index in [1.54, 1.807) is 13.0 Å². The standard InChI is InChI=1S/C14H15NO2/c1-4-11-13(14(16)17-5-2)10-8-6-7-9-12(10)15(11)3/h4,6-9H,1,5H2,2-3H3. The Kier molecular flexibility index (Phi) is 3.00. The average Bonchev–Trinajstić information content (AvgIpc) is 2.63. The number of carbonyl (C=O) groups is 1. The van der Waals surface area contributed by atoms with Crippen LogP contribution in [0.5, 0.6) is 0 Å². The number of hydrogen-bond donors (Lipinski definition) is 0. The number of nitrogens with zero attached hydrogens (tertiary/aromatic N) is 1. The third-order valence-electron chi connectivity index (χ3n) is 2.83. The minimum atomic E-state index is -0.292. The van der Waals surface area contributed by atoms with Crippen LogP contribution in [0.2, 0.25) is 0 Å². The smallest absolute Gasteiger partial charge is 0.340 e. The monoisotopic (exact) mass is 229 g/mol. The van der Waals surface area contributed by atoms with Gasteiger partial charge < -0.3 is 9.30 Å². The van der Waals surface area contributed by atoms with Gasteiger partial charge >= 0.3 is 5.97 Å². The van der Waals surface area contributed by atoms with E-state index in [4.69, 9.17) is 4.74 Å². The minimum absolute atomic E-state index is 0.292. The highest BCUT2D eigenvalue weighted by Gasteiger charge is 2.19. The predicted molar refractivity (Wildman–Crippen MR) is 69.0 cm³/mol. The zero-order chi connectivity index (χ0) is 12.4. The summed E-state index contributed by atoms with van der Waals surface area (Å²) in [5.74, 6) is -0.292. The van der Waals surface area contributed by atoms with Crippen molar-refractivity contribution in [3.8, 4) is 0 Å². The highest BCUT2D eigenvalue weighted by molar-refractivity contribution is 6.07. The Balaban J connectivity index is 2.75. The van der Waals surface area contributed by atoms with Crippen LogP contribution < -0.4 is 0 Å². The van der Waals surface area contributed by atoms with E-state index in [9.17, 15) is 4.79 Å². The quantitative estimate of drug-likeness (QED) is 0.757. The number of esters is 1. The summed E-state index contributed by atoms with van der Waals surface area (Å²) < 4.78 is 7.04. The van der Waals surface area contributed by atoms with Crippen LogP contribution in [0.25, 0.3) is 17.0 Å². The molecular formula is C14H15NO2. The van der Waals surface area contributed by atoms with Crippen LogP contribution in [0.4, 0.5) is 0 Å². The first-order chi connectivity index (χ1) is 8.20. The first-order valence-corrected chi connectivity index (χ1v) is 5.57. The lowest BCUT2D eigenvalue weighted by atomic mass is 10.1. The summed E-state index contributed by atoms with van der Waals surface area (Å²) in [5.41, 5.74) is 2.40. The van der Waals surface area contributed by atoms with Gasteiger partial charge in [0.15, 0.2) is 0 Å². The molecule has 1 heterocycles. The summed E-state index contributed by atoms with van der Waals surface area (Å²) in [6, 6.07) is 7.77. The predicted octanol–water partition coefficient (Wildman–Crippen LogP) is 3.00. The molecular weight excluding hydrogens is 214 g/mol. The van der Waals surface area contributed by atoms with Crippen molar-refractivity contribution < 1.29 is 9.53 Å². The molecule has 0 aliphatic heterocycles. The molecule has 0 bridgehead atoms. The van der Waals surface area contributed by atoms with Crippen LogP contribution in [0.1, 0.15) is 23.0 Å². The van der Waals surface area contributed by atoms with Crippen molar-refractivity contribution in [2.45, 2.75) is 6.92 Å². The largest absolute Gasteiger partial charge is 0.462 e. The first kappa shape index (κ1) is 11.5. The van der Waals surface area contributed by atoms with Gasteiger partial charge in [-0.05, 0) is 19.1 Å². The van der Waals surface area contributed by atoms with Crippen LogP contribution >= 0.6 is 0 Å². The molecule has 3 heteroatoms. The zero-order valence-corrected chi connectivity index (χ0v) is 10.1. The number of benzene rings is 1. The molecule has 0 aliphatic carbocycles. The maximum atomic E-state index is 12.0. The average molecular weight is 229 g/mol. The zero-order valence-electron chi connectivity index (χ0n) is 10.1. The van der Waals surface area contributed by atoms with Crippen LogP contribution in [0, 0.1) is 0 Å². The van der Waals surface area contributed by atoms with E-state index >= 15 is 0 Å². The number of para-hydroxylation sites is 1. The van der Waals surface area contributed by atoms with Gasteiger partial charge in [0.25, 0.3) is 0 Å². The fourth-order valence-corrected chi connectivity index (χ4v) is 2.07. The molecule has 0 amide bonds. The van der Waals surface area contributed by atoms with E-state index in [1.807, 2.05) is 35.9 Å². The molecule has 17 heavy (non-hydrogen) atoms. The minimum Gasteiger partial charge on any atom is -0.462 e. The molecule has 0 spiro atoms. The Bertz CT molecular complexity index is 581. The fraction of sp³-hybridized carbons (Fsp3) is 0.214. The molecule has 0 radical (unpaired) electrons. The van der Waals surface area contributed by atoms with Crippen molar-refractivity contribution >= 4 is 22.9 Å². The van der Waals surface area contributed by atoms with Crippen molar-refractivity contribution in [3.63, 3.8) is 0 Å². The van der Waals surface area contributed by atoms with E-state index in [-0.39, 0.29) is 5.97 Å². The summed E-state index contributed by atoms with van der Waals surface area (Å²) >= 11 is 0. The lowest BCUT2D eigenvalue weighted by molar-refractivity contribution is 0.0528. The third-order valence-corrected chi connectivity index (χ3v) is 2.83. The van der Waals surface area contributed by atoms with Gasteiger partial charge in [-0.2, -0.15) is 0 Å². The number of rotatable bonds is 3. The maximum absolute atomic E-state index is 12.0. The van der Waals surface area contributed by atoms with Crippen molar-refractivity contribution in [1.29, 1.82) is 0 Å². The molecule has 0 aliphatic rings. The van der Waals surface area contributed by atoms with E-state index in [0.29, 0.717) is 12.2 Å². The first-order valence-electron chi connectivity index (χ1n) is 5.57. The van der Waals surface area contributed by atoms with Crippen molar-refractivity contribution in [2.75, 3.05) is 6.61 Å². The molecule has 0 saturated heterocycles. The van der Waals surface area contributed by atoms with Gasteiger partial charge in [0.2, 0.25) is 0 Å². The summed E-state index contributed by atoms with van der Waals surface area (Å²) in [6.45, 7) is 5.94. The molecule has 0 saturated carbocycles. The number of hydrogen-bond acceptors (Lipinski definition) is 2. The van der Waals surface area contributed by atoms with E-state index in [2.05, 4.69) is 6.58 Å². The van der Waals surface area contributed by atoms with Crippen LogP contribution in [-0.4, -0.2) is 17.1 Å². The van der Waals surface area contributed by atoms with Gasteiger partial charge in [0.05, 0.1) is 17.9 Å². The second-order valence-electron chi connectivity index (χ2n) is 3.76. The molecule has 0 N–H and O–H groups in total. The molecule has 1 aromatic heterocycles. The second kappa shape index (κ2) is 4.45. The molecule has 0 unspecified atom stereocenters. The molecule has 0 fully saturated rings. The normalized spacial score (nSPS) is 10.5. The Hall–Kier alpha value is -2.03. The molecule has 1 aromatic carbocycles. The van der Waals surface area contributed by atoms with Crippen LogP contribution in [-0.2, 0) is 11.8 Å². The van der Waals surface area contributed by atoms with Gasteiger partial charge in [-0.3, -0.25) is 0 Å². The van der Waals surface area contributed by atoms with Gasteiger partial charge in [-0.15, -0.1) is 0 Å². The number of carbonyl (C=O) groups excluding carboxylic acids is 1. The number of ether oxygens (including phenoxy) is 1. The lowest BCUT2D eigenvalue weighted by Gasteiger charge is -2.02. The Morgan fingerprint density at radius 2 is 2.18 bits per heavy atom. The Morgan fingerprint density at radius 1 is 1.47 bits per heavy atom. The molecule has 88 valence electrons. The van der Waals surface area contributed by atoms with Crippen LogP contribution in [0.15, 0.2) is 30.8 Å². The number of fused-ring (bicyclic) bond motifs is 1.